The summed E-state index contributed by atoms with van der Waals surface area (Å²) < 4.78 is 0. The van der Waals surface area contributed by atoms with Crippen LogP contribution >= 0.6 is 11.3 Å². The van der Waals surface area contributed by atoms with Gasteiger partial charge >= 0.3 is 0 Å². The summed E-state index contributed by atoms with van der Waals surface area (Å²) in [6.07, 6.45) is 2.40. The fourth-order valence-corrected chi connectivity index (χ4v) is 3.49. The van der Waals surface area contributed by atoms with Gasteiger partial charge in [0, 0.05) is 18.1 Å². The number of nitrogens with zero attached hydrogens (tertiary/aromatic N) is 2. The molecule has 124 valence electrons. The Labute approximate surface area is 145 Å². The number of thiophene rings is 1. The highest BCUT2D eigenvalue weighted by Gasteiger charge is 2.25. The lowest BCUT2D eigenvalue weighted by atomic mass is 10.1. The van der Waals surface area contributed by atoms with Crippen LogP contribution < -0.4 is 0 Å². The maximum atomic E-state index is 13.2. The maximum Gasteiger partial charge on any atom is 0.256 e. The van der Waals surface area contributed by atoms with E-state index < -0.39 is 0 Å². The van der Waals surface area contributed by atoms with Crippen LogP contribution in [0.15, 0.2) is 53.4 Å². The van der Waals surface area contributed by atoms with E-state index in [0.717, 1.165) is 10.9 Å². The van der Waals surface area contributed by atoms with E-state index >= 15 is 0 Å². The molecule has 1 amide bonds. The van der Waals surface area contributed by atoms with E-state index in [9.17, 15) is 9.90 Å². The first kappa shape index (κ1) is 16.6. The number of aromatic nitrogens is 1. The first-order valence-corrected chi connectivity index (χ1v) is 8.95. The number of aliphatic hydroxyl groups excluding tert-OH is 1. The fourth-order valence-electron chi connectivity index (χ4n) is 2.83. The van der Waals surface area contributed by atoms with Crippen molar-refractivity contribution >= 4 is 28.1 Å². The third-order valence-electron chi connectivity index (χ3n) is 4.18. The highest BCUT2D eigenvalue weighted by atomic mass is 32.1. The monoisotopic (exact) mass is 340 g/mol. The molecule has 0 fully saturated rings. The molecule has 5 heteroatoms. The molecule has 0 aliphatic carbocycles. The number of fused-ring (bicyclic) bond motifs is 1. The molecule has 3 rings (SSSR count). The van der Waals surface area contributed by atoms with Gasteiger partial charge in [0.05, 0.1) is 23.7 Å². The molecule has 0 aliphatic heterocycles. The lowest BCUT2D eigenvalue weighted by Gasteiger charge is -2.30. The van der Waals surface area contributed by atoms with Crippen molar-refractivity contribution in [3.8, 4) is 0 Å². The Hall–Kier alpha value is -2.24. The maximum absolute atomic E-state index is 13.2. The molecule has 0 radical (unpaired) electrons. The number of rotatable bonds is 6. The van der Waals surface area contributed by atoms with Crippen molar-refractivity contribution in [1.82, 2.24) is 9.88 Å². The van der Waals surface area contributed by atoms with Gasteiger partial charge in [-0.2, -0.15) is 11.3 Å². The highest BCUT2D eigenvalue weighted by Crippen LogP contribution is 2.21. The molecule has 0 saturated carbocycles. The number of amides is 1. The van der Waals surface area contributed by atoms with Gasteiger partial charge in [0.1, 0.15) is 0 Å². The van der Waals surface area contributed by atoms with Gasteiger partial charge in [0.25, 0.3) is 5.91 Å². The SMILES string of the molecule is CC[C@@H](CO)N(Cc1ccsc1)C(=O)c1cccc2cccnc12. The van der Waals surface area contributed by atoms with Gasteiger partial charge in [-0.1, -0.05) is 25.1 Å². The van der Waals surface area contributed by atoms with Gasteiger partial charge in [-0.3, -0.25) is 9.78 Å². The lowest BCUT2D eigenvalue weighted by molar-refractivity contribution is 0.0566. The van der Waals surface area contributed by atoms with Gasteiger partial charge < -0.3 is 10.0 Å². The summed E-state index contributed by atoms with van der Waals surface area (Å²) in [4.78, 5) is 19.4. The Morgan fingerprint density at radius 1 is 1.29 bits per heavy atom. The largest absolute Gasteiger partial charge is 0.394 e. The van der Waals surface area contributed by atoms with Crippen LogP contribution in [0.4, 0.5) is 0 Å². The van der Waals surface area contributed by atoms with Crippen LogP contribution in [0.1, 0.15) is 29.3 Å². The summed E-state index contributed by atoms with van der Waals surface area (Å²) >= 11 is 1.61. The van der Waals surface area contributed by atoms with Crippen molar-refractivity contribution < 1.29 is 9.90 Å². The smallest absolute Gasteiger partial charge is 0.256 e. The van der Waals surface area contributed by atoms with Crippen LogP contribution in [0.2, 0.25) is 0 Å². The number of pyridine rings is 1. The normalized spacial score (nSPS) is 12.2. The zero-order valence-corrected chi connectivity index (χ0v) is 14.4. The van der Waals surface area contributed by atoms with E-state index in [1.807, 2.05) is 54.1 Å². The van der Waals surface area contributed by atoms with Crippen molar-refractivity contribution in [1.29, 1.82) is 0 Å². The number of aliphatic hydroxyl groups is 1. The minimum absolute atomic E-state index is 0.0510. The lowest BCUT2D eigenvalue weighted by Crippen LogP contribution is -2.41. The Kier molecular flexibility index (Phi) is 5.23. The number of carbonyl (C=O) groups excluding carboxylic acids is 1. The molecule has 0 bridgehead atoms. The summed E-state index contributed by atoms with van der Waals surface area (Å²) in [7, 11) is 0. The standard InChI is InChI=1S/C19H20N2O2S/c1-2-16(12-22)21(11-14-8-10-24-13-14)19(23)17-7-3-5-15-6-4-9-20-18(15)17/h3-10,13,16,22H,2,11-12H2,1H3/t16-/m0/s1. The quantitative estimate of drug-likeness (QED) is 0.744. The van der Waals surface area contributed by atoms with Gasteiger partial charge in [-0.15, -0.1) is 0 Å². The van der Waals surface area contributed by atoms with E-state index in [2.05, 4.69) is 4.98 Å². The first-order chi connectivity index (χ1) is 11.7. The second kappa shape index (κ2) is 7.55. The molecular weight excluding hydrogens is 320 g/mol. The Morgan fingerprint density at radius 3 is 2.83 bits per heavy atom. The van der Waals surface area contributed by atoms with E-state index in [0.29, 0.717) is 24.0 Å². The Bertz CT molecular complexity index is 808. The topological polar surface area (TPSA) is 53.4 Å². The van der Waals surface area contributed by atoms with Crippen molar-refractivity contribution in [2.75, 3.05) is 6.61 Å². The summed E-state index contributed by atoms with van der Waals surface area (Å²) in [5.74, 6) is -0.0913. The third-order valence-corrected chi connectivity index (χ3v) is 4.91. The summed E-state index contributed by atoms with van der Waals surface area (Å²) in [6, 6.07) is 11.2. The Balaban J connectivity index is 2.00. The number of hydrogen-bond acceptors (Lipinski definition) is 4. The van der Waals surface area contributed by atoms with Gasteiger partial charge in [0.15, 0.2) is 0 Å². The van der Waals surface area contributed by atoms with Crippen molar-refractivity contribution in [3.05, 3.63) is 64.5 Å². The van der Waals surface area contributed by atoms with Crippen LogP contribution in [0.25, 0.3) is 10.9 Å². The summed E-state index contributed by atoms with van der Waals surface area (Å²) in [5, 5.41) is 14.7. The molecule has 0 unspecified atom stereocenters. The molecule has 1 N–H and O–H groups in total. The van der Waals surface area contributed by atoms with Crippen LogP contribution in [-0.4, -0.2) is 33.5 Å². The molecule has 1 aromatic carbocycles. The van der Waals surface area contributed by atoms with Crippen molar-refractivity contribution in [3.63, 3.8) is 0 Å². The highest BCUT2D eigenvalue weighted by molar-refractivity contribution is 7.07. The minimum atomic E-state index is -0.212. The minimum Gasteiger partial charge on any atom is -0.394 e. The second-order valence-electron chi connectivity index (χ2n) is 5.69. The van der Waals surface area contributed by atoms with Gasteiger partial charge in [-0.05, 0) is 40.9 Å². The molecule has 0 aliphatic rings. The van der Waals surface area contributed by atoms with Gasteiger partial charge in [-0.25, -0.2) is 0 Å². The second-order valence-corrected chi connectivity index (χ2v) is 6.47. The number of benzene rings is 1. The fraction of sp³-hybridized carbons (Fsp3) is 0.263. The predicted octanol–water partition coefficient (Wildman–Crippen LogP) is 3.71. The summed E-state index contributed by atoms with van der Waals surface area (Å²) in [5.41, 5.74) is 2.36. The van der Waals surface area contributed by atoms with Crippen LogP contribution in [0, 0.1) is 0 Å². The Morgan fingerprint density at radius 2 is 2.12 bits per heavy atom. The molecule has 2 aromatic heterocycles. The van der Waals surface area contributed by atoms with Crippen molar-refractivity contribution in [2.24, 2.45) is 0 Å². The van der Waals surface area contributed by atoms with E-state index in [-0.39, 0.29) is 18.6 Å². The number of carbonyl (C=O) groups is 1. The van der Waals surface area contributed by atoms with E-state index in [1.165, 1.54) is 0 Å². The van der Waals surface area contributed by atoms with E-state index in [4.69, 9.17) is 0 Å². The van der Waals surface area contributed by atoms with E-state index in [1.54, 1.807) is 22.4 Å². The molecule has 0 spiro atoms. The molecule has 1 atom stereocenters. The molecule has 24 heavy (non-hydrogen) atoms. The summed E-state index contributed by atoms with van der Waals surface area (Å²) in [6.45, 7) is 2.42. The molecule has 2 heterocycles. The molecule has 4 nitrogen and oxygen atoms in total. The number of hydrogen-bond donors (Lipinski definition) is 1. The molecular formula is C19H20N2O2S. The van der Waals surface area contributed by atoms with Gasteiger partial charge in [0.2, 0.25) is 0 Å². The third kappa shape index (κ3) is 3.32. The average molecular weight is 340 g/mol. The van der Waals surface area contributed by atoms with Crippen LogP contribution in [-0.2, 0) is 6.54 Å². The zero-order chi connectivity index (χ0) is 16.9. The molecule has 3 aromatic rings. The number of para-hydroxylation sites is 1. The van der Waals surface area contributed by atoms with Crippen LogP contribution in [0.5, 0.6) is 0 Å². The average Bonchev–Trinajstić information content (AvgIpc) is 3.14. The van der Waals surface area contributed by atoms with Crippen LogP contribution in [0.3, 0.4) is 0 Å². The molecule has 0 saturated heterocycles. The predicted molar refractivity (Wildman–Crippen MR) is 97.1 cm³/mol. The zero-order valence-electron chi connectivity index (χ0n) is 13.6. The first-order valence-electron chi connectivity index (χ1n) is 8.01. The van der Waals surface area contributed by atoms with Crippen molar-refractivity contribution in [2.45, 2.75) is 25.9 Å².